The van der Waals surface area contributed by atoms with Crippen molar-refractivity contribution in [3.63, 3.8) is 0 Å². The van der Waals surface area contributed by atoms with E-state index in [2.05, 4.69) is 5.10 Å². The van der Waals surface area contributed by atoms with Gasteiger partial charge in [-0.2, -0.15) is 9.40 Å². The summed E-state index contributed by atoms with van der Waals surface area (Å²) >= 11 is 5.73. The van der Waals surface area contributed by atoms with Crippen LogP contribution in [0, 0.1) is 19.8 Å². The Morgan fingerprint density at radius 3 is 2.55 bits per heavy atom. The third kappa shape index (κ3) is 3.02. The Hall–Kier alpha value is -0.590. The average molecular weight is 320 g/mol. The van der Waals surface area contributed by atoms with Gasteiger partial charge in [0.15, 0.2) is 0 Å². The lowest BCUT2D eigenvalue weighted by molar-refractivity contribution is 0.411. The summed E-state index contributed by atoms with van der Waals surface area (Å²) < 4.78 is 28.9. The van der Waals surface area contributed by atoms with Crippen LogP contribution >= 0.6 is 11.6 Å². The van der Waals surface area contributed by atoms with Crippen molar-refractivity contribution in [2.45, 2.75) is 45.1 Å². The molecule has 0 saturated heterocycles. The standard InChI is InChI=1S/C13H22ClN3O2S/c1-4-16(9-12-5-6-12)20(18,19)13-10(2)15-17(8-7-14)11(13)3/h12H,4-9H2,1-3H3. The summed E-state index contributed by atoms with van der Waals surface area (Å²) in [6, 6.07) is 0. The van der Waals surface area contributed by atoms with E-state index in [1.165, 1.54) is 0 Å². The lowest BCUT2D eigenvalue weighted by atomic mass is 10.4. The zero-order valence-corrected chi connectivity index (χ0v) is 13.8. The van der Waals surface area contributed by atoms with Gasteiger partial charge in [-0.3, -0.25) is 4.68 Å². The second-order valence-electron chi connectivity index (χ2n) is 5.31. The molecule has 0 amide bonds. The number of rotatable bonds is 7. The van der Waals surface area contributed by atoms with Crippen molar-refractivity contribution in [1.82, 2.24) is 14.1 Å². The van der Waals surface area contributed by atoms with Crippen LogP contribution in [0.25, 0.3) is 0 Å². The molecule has 1 aliphatic rings. The van der Waals surface area contributed by atoms with Gasteiger partial charge in [-0.15, -0.1) is 11.6 Å². The summed E-state index contributed by atoms with van der Waals surface area (Å²) in [4.78, 5) is 0.352. The number of aryl methyl sites for hydroxylation is 2. The predicted octanol–water partition coefficient (Wildman–Crippen LogP) is 2.16. The molecule has 0 aliphatic heterocycles. The lowest BCUT2D eigenvalue weighted by Crippen LogP contribution is -2.33. The average Bonchev–Trinajstić information content (AvgIpc) is 3.14. The molecule has 0 aromatic carbocycles. The molecule has 1 aromatic heterocycles. The molecule has 0 bridgehead atoms. The lowest BCUT2D eigenvalue weighted by Gasteiger charge is -2.20. The van der Waals surface area contributed by atoms with Crippen LogP contribution in [0.1, 0.15) is 31.2 Å². The number of sulfonamides is 1. The van der Waals surface area contributed by atoms with E-state index in [-0.39, 0.29) is 0 Å². The molecule has 5 nitrogen and oxygen atoms in total. The summed E-state index contributed by atoms with van der Waals surface area (Å²) in [6.45, 7) is 7.07. The summed E-state index contributed by atoms with van der Waals surface area (Å²) in [7, 11) is -3.46. The molecule has 0 N–H and O–H groups in total. The highest BCUT2D eigenvalue weighted by Crippen LogP contribution is 2.32. The van der Waals surface area contributed by atoms with Gasteiger partial charge in [0.05, 0.1) is 17.9 Å². The second kappa shape index (κ2) is 6.03. The number of hydrogen-bond acceptors (Lipinski definition) is 3. The molecule has 20 heavy (non-hydrogen) atoms. The zero-order chi connectivity index (χ0) is 14.9. The monoisotopic (exact) mass is 319 g/mol. The third-order valence-corrected chi connectivity index (χ3v) is 6.08. The van der Waals surface area contributed by atoms with Crippen molar-refractivity contribution in [3.05, 3.63) is 11.4 Å². The molecule has 1 saturated carbocycles. The van der Waals surface area contributed by atoms with Crippen LogP contribution in [0.5, 0.6) is 0 Å². The third-order valence-electron chi connectivity index (χ3n) is 3.72. The molecule has 0 unspecified atom stereocenters. The van der Waals surface area contributed by atoms with E-state index in [0.717, 1.165) is 12.8 Å². The molecule has 114 valence electrons. The van der Waals surface area contributed by atoms with Crippen LogP contribution in [0.15, 0.2) is 4.90 Å². The van der Waals surface area contributed by atoms with Crippen molar-refractivity contribution in [3.8, 4) is 0 Å². The van der Waals surface area contributed by atoms with Crippen molar-refractivity contribution in [1.29, 1.82) is 0 Å². The Morgan fingerprint density at radius 1 is 1.40 bits per heavy atom. The topological polar surface area (TPSA) is 55.2 Å². The minimum absolute atomic E-state index is 0.352. The van der Waals surface area contributed by atoms with Crippen LogP contribution in [0.3, 0.4) is 0 Å². The van der Waals surface area contributed by atoms with Crippen molar-refractivity contribution in [2.75, 3.05) is 19.0 Å². The number of alkyl halides is 1. The van der Waals surface area contributed by atoms with Gasteiger partial charge < -0.3 is 0 Å². The summed E-state index contributed by atoms with van der Waals surface area (Å²) in [5.41, 5.74) is 1.24. The number of hydrogen-bond donors (Lipinski definition) is 0. The molecular formula is C13H22ClN3O2S. The molecule has 0 atom stereocenters. The second-order valence-corrected chi connectivity index (χ2v) is 7.56. The van der Waals surface area contributed by atoms with Gasteiger partial charge in [0.1, 0.15) is 4.90 Å². The molecular weight excluding hydrogens is 298 g/mol. The van der Waals surface area contributed by atoms with Gasteiger partial charge in [0, 0.05) is 19.0 Å². The van der Waals surface area contributed by atoms with E-state index < -0.39 is 10.0 Å². The Morgan fingerprint density at radius 2 is 2.05 bits per heavy atom. The first-order valence-corrected chi connectivity index (χ1v) is 8.99. The fraction of sp³-hybridized carbons (Fsp3) is 0.769. The fourth-order valence-electron chi connectivity index (χ4n) is 2.47. The summed E-state index contributed by atoms with van der Waals surface area (Å²) in [5.74, 6) is 0.948. The Balaban J connectivity index is 2.36. The quantitative estimate of drug-likeness (QED) is 0.724. The van der Waals surface area contributed by atoms with E-state index in [4.69, 9.17) is 11.6 Å². The highest BCUT2D eigenvalue weighted by atomic mass is 35.5. The van der Waals surface area contributed by atoms with Gasteiger partial charge in [-0.1, -0.05) is 6.92 Å². The molecule has 1 heterocycles. The van der Waals surface area contributed by atoms with Crippen LogP contribution < -0.4 is 0 Å². The first-order valence-electron chi connectivity index (χ1n) is 7.02. The SMILES string of the molecule is CCN(CC1CC1)S(=O)(=O)c1c(C)nn(CCCl)c1C. The Bertz CT molecular complexity index is 579. The molecule has 1 aliphatic carbocycles. The van der Waals surface area contributed by atoms with Crippen LogP contribution in [-0.4, -0.2) is 41.5 Å². The number of aromatic nitrogens is 2. The maximum Gasteiger partial charge on any atom is 0.246 e. The maximum absolute atomic E-state index is 12.8. The number of halogens is 1. The maximum atomic E-state index is 12.8. The molecule has 7 heteroatoms. The van der Waals surface area contributed by atoms with Gasteiger partial charge in [-0.05, 0) is 32.6 Å². The van der Waals surface area contributed by atoms with Gasteiger partial charge in [0.25, 0.3) is 0 Å². The van der Waals surface area contributed by atoms with Gasteiger partial charge in [-0.25, -0.2) is 8.42 Å². The molecule has 1 aromatic rings. The van der Waals surface area contributed by atoms with E-state index >= 15 is 0 Å². The Labute approximate surface area is 126 Å². The van der Waals surface area contributed by atoms with Gasteiger partial charge in [0.2, 0.25) is 10.0 Å². The fourth-order valence-corrected chi connectivity index (χ4v) is 4.52. The Kier molecular flexibility index (Phi) is 4.76. The van der Waals surface area contributed by atoms with E-state index in [9.17, 15) is 8.42 Å². The van der Waals surface area contributed by atoms with E-state index in [1.807, 2.05) is 6.92 Å². The van der Waals surface area contributed by atoms with E-state index in [1.54, 1.807) is 22.8 Å². The largest absolute Gasteiger partial charge is 0.267 e. The minimum Gasteiger partial charge on any atom is -0.267 e. The van der Waals surface area contributed by atoms with Crippen LogP contribution in [-0.2, 0) is 16.6 Å². The first kappa shape index (κ1) is 15.8. The zero-order valence-electron chi connectivity index (χ0n) is 12.3. The van der Waals surface area contributed by atoms with Crippen LogP contribution in [0.4, 0.5) is 0 Å². The van der Waals surface area contributed by atoms with Crippen molar-refractivity contribution >= 4 is 21.6 Å². The number of nitrogens with zero attached hydrogens (tertiary/aromatic N) is 3. The van der Waals surface area contributed by atoms with Crippen molar-refractivity contribution in [2.24, 2.45) is 5.92 Å². The summed E-state index contributed by atoms with van der Waals surface area (Å²) in [5, 5.41) is 4.30. The van der Waals surface area contributed by atoms with E-state index in [0.29, 0.717) is 47.7 Å². The first-order chi connectivity index (χ1) is 9.41. The smallest absolute Gasteiger partial charge is 0.246 e. The highest BCUT2D eigenvalue weighted by Gasteiger charge is 2.34. The molecule has 0 radical (unpaired) electrons. The van der Waals surface area contributed by atoms with Crippen molar-refractivity contribution < 1.29 is 8.42 Å². The molecule has 1 fully saturated rings. The summed E-state index contributed by atoms with van der Waals surface area (Å²) in [6.07, 6.45) is 2.27. The normalized spacial score (nSPS) is 16.1. The van der Waals surface area contributed by atoms with Gasteiger partial charge >= 0.3 is 0 Å². The minimum atomic E-state index is -3.46. The molecule has 2 rings (SSSR count). The van der Waals surface area contributed by atoms with Crippen LogP contribution in [0.2, 0.25) is 0 Å². The predicted molar refractivity (Wildman–Crippen MR) is 79.6 cm³/mol. The highest BCUT2D eigenvalue weighted by molar-refractivity contribution is 7.89. The molecule has 0 spiro atoms.